The Morgan fingerprint density at radius 2 is 2.07 bits per heavy atom. The van der Waals surface area contributed by atoms with E-state index in [4.69, 9.17) is 4.98 Å². The van der Waals surface area contributed by atoms with Crippen molar-refractivity contribution in [1.82, 2.24) is 14.9 Å². The van der Waals surface area contributed by atoms with Crippen molar-refractivity contribution in [3.63, 3.8) is 0 Å². The van der Waals surface area contributed by atoms with Gasteiger partial charge < -0.3 is 5.32 Å². The minimum absolute atomic E-state index is 0.0275. The van der Waals surface area contributed by atoms with Crippen molar-refractivity contribution in [2.24, 2.45) is 7.05 Å². The fraction of sp³-hybridized carbons (Fsp3) is 0.600. The summed E-state index contributed by atoms with van der Waals surface area (Å²) in [5.74, 6) is -0.170. The Morgan fingerprint density at radius 3 is 2.79 bits per heavy atom. The smallest absolute Gasteiger partial charge is 0.262 e. The van der Waals surface area contributed by atoms with Gasteiger partial charge in [-0.1, -0.05) is 31.0 Å². The molecule has 0 radical (unpaired) electrons. The molecule has 4 rings (SSSR count). The second-order valence-electron chi connectivity index (χ2n) is 7.80. The van der Waals surface area contributed by atoms with E-state index in [-0.39, 0.29) is 11.5 Å². The molecule has 2 aromatic rings. The highest BCUT2D eigenvalue weighted by molar-refractivity contribution is 8.00. The van der Waals surface area contributed by atoms with Crippen LogP contribution in [0.15, 0.2) is 9.95 Å². The summed E-state index contributed by atoms with van der Waals surface area (Å²) in [5.41, 5.74) is 0.395. The summed E-state index contributed by atoms with van der Waals surface area (Å²) >= 11 is 2.89. The summed E-state index contributed by atoms with van der Waals surface area (Å²) in [6, 6.07) is 2.32. The van der Waals surface area contributed by atoms with Gasteiger partial charge in [0.2, 0.25) is 5.91 Å². The third-order valence-corrected chi connectivity index (χ3v) is 8.17. The fourth-order valence-corrected chi connectivity index (χ4v) is 6.36. The summed E-state index contributed by atoms with van der Waals surface area (Å²) < 4.78 is 1.56. The van der Waals surface area contributed by atoms with Crippen molar-refractivity contribution < 1.29 is 4.79 Å². The highest BCUT2D eigenvalue weighted by Crippen LogP contribution is 2.36. The minimum atomic E-state index is -0.748. The van der Waals surface area contributed by atoms with E-state index in [2.05, 4.69) is 11.4 Å². The van der Waals surface area contributed by atoms with E-state index in [9.17, 15) is 14.9 Å². The quantitative estimate of drug-likeness (QED) is 0.610. The van der Waals surface area contributed by atoms with Crippen LogP contribution >= 0.6 is 23.1 Å². The van der Waals surface area contributed by atoms with Crippen LogP contribution in [-0.4, -0.2) is 26.2 Å². The number of aromatic nitrogens is 2. The van der Waals surface area contributed by atoms with Crippen molar-refractivity contribution in [2.75, 3.05) is 0 Å². The average molecular weight is 417 g/mol. The van der Waals surface area contributed by atoms with Crippen LogP contribution in [0, 0.1) is 11.3 Å². The molecule has 2 aliphatic carbocycles. The highest BCUT2D eigenvalue weighted by Gasteiger charge is 2.35. The lowest BCUT2D eigenvalue weighted by molar-refractivity contribution is -0.121. The first-order valence-electron chi connectivity index (χ1n) is 9.85. The molecular formula is C20H24N4O2S2. The van der Waals surface area contributed by atoms with Crippen LogP contribution in [0.25, 0.3) is 10.2 Å². The number of nitrogens with one attached hydrogen (secondary N) is 1. The predicted molar refractivity (Wildman–Crippen MR) is 112 cm³/mol. The average Bonchev–Trinajstić information content (AvgIpc) is 3.27. The van der Waals surface area contributed by atoms with Gasteiger partial charge in [0.25, 0.3) is 5.56 Å². The van der Waals surface area contributed by atoms with E-state index >= 15 is 0 Å². The zero-order valence-corrected chi connectivity index (χ0v) is 17.8. The first kappa shape index (κ1) is 19.5. The topological polar surface area (TPSA) is 87.8 Å². The third-order valence-electron chi connectivity index (χ3n) is 5.84. The molecule has 28 heavy (non-hydrogen) atoms. The lowest BCUT2D eigenvalue weighted by atomic mass is 9.83. The van der Waals surface area contributed by atoms with Crippen molar-refractivity contribution in [2.45, 2.75) is 74.2 Å². The van der Waals surface area contributed by atoms with Crippen LogP contribution in [-0.2, 0) is 24.7 Å². The van der Waals surface area contributed by atoms with Crippen LogP contribution in [0.5, 0.6) is 0 Å². The Hall–Kier alpha value is -1.85. The third kappa shape index (κ3) is 3.35. The first-order chi connectivity index (χ1) is 13.4. The lowest BCUT2D eigenvalue weighted by Crippen LogP contribution is -2.51. The van der Waals surface area contributed by atoms with Gasteiger partial charge in [-0.2, -0.15) is 5.26 Å². The van der Waals surface area contributed by atoms with Gasteiger partial charge in [0.1, 0.15) is 10.4 Å². The number of amides is 1. The number of fused-ring (bicyclic) bond motifs is 3. The molecule has 2 aromatic heterocycles. The fourth-order valence-electron chi connectivity index (χ4n) is 4.18. The van der Waals surface area contributed by atoms with Crippen LogP contribution in [0.4, 0.5) is 0 Å². The van der Waals surface area contributed by atoms with E-state index in [0.717, 1.165) is 48.7 Å². The molecule has 6 nitrogen and oxygen atoms in total. The van der Waals surface area contributed by atoms with Gasteiger partial charge in [0.15, 0.2) is 5.16 Å². The molecule has 2 heterocycles. The van der Waals surface area contributed by atoms with Gasteiger partial charge >= 0.3 is 0 Å². The predicted octanol–water partition coefficient (Wildman–Crippen LogP) is 3.31. The number of carbonyl (C=O) groups is 1. The Morgan fingerprint density at radius 1 is 1.32 bits per heavy atom. The van der Waals surface area contributed by atoms with E-state index in [1.807, 2.05) is 0 Å². The van der Waals surface area contributed by atoms with Crippen molar-refractivity contribution in [3.05, 3.63) is 20.8 Å². The number of nitriles is 1. The number of aryl methyl sites for hydroxylation is 2. The number of thiophene rings is 1. The SMILES string of the molecule is CC(Sc1nc2sc3c(c2c(=O)n1C)CCC3)C(=O)NC1(C#N)CCCCC1. The molecule has 1 atom stereocenters. The summed E-state index contributed by atoms with van der Waals surface area (Å²) in [6.45, 7) is 1.80. The molecule has 0 aromatic carbocycles. The molecule has 148 valence electrons. The van der Waals surface area contributed by atoms with Gasteiger partial charge in [-0.3, -0.25) is 14.2 Å². The van der Waals surface area contributed by atoms with E-state index in [1.54, 1.807) is 29.9 Å². The maximum absolute atomic E-state index is 12.9. The zero-order chi connectivity index (χ0) is 19.9. The molecule has 0 aliphatic heterocycles. The molecule has 8 heteroatoms. The number of hydrogen-bond acceptors (Lipinski definition) is 6. The number of hydrogen-bond donors (Lipinski definition) is 1. The van der Waals surface area contributed by atoms with Crippen LogP contribution in [0.2, 0.25) is 0 Å². The Labute approximate surface area is 172 Å². The monoisotopic (exact) mass is 416 g/mol. The molecule has 1 fully saturated rings. The van der Waals surface area contributed by atoms with Crippen molar-refractivity contribution in [3.8, 4) is 6.07 Å². The minimum Gasteiger partial charge on any atom is -0.337 e. The number of thioether (sulfide) groups is 1. The normalized spacial score (nSPS) is 19.2. The number of nitrogens with zero attached hydrogens (tertiary/aromatic N) is 3. The van der Waals surface area contributed by atoms with E-state index < -0.39 is 10.8 Å². The summed E-state index contributed by atoms with van der Waals surface area (Å²) in [5, 5.41) is 13.4. The van der Waals surface area contributed by atoms with E-state index in [0.29, 0.717) is 18.0 Å². The van der Waals surface area contributed by atoms with E-state index in [1.165, 1.54) is 22.2 Å². The van der Waals surface area contributed by atoms with Crippen LogP contribution in [0.1, 0.15) is 55.9 Å². The number of rotatable bonds is 4. The Bertz CT molecular complexity index is 1030. The van der Waals surface area contributed by atoms with Gasteiger partial charge in [0, 0.05) is 11.9 Å². The van der Waals surface area contributed by atoms with Crippen LogP contribution in [0.3, 0.4) is 0 Å². The maximum Gasteiger partial charge on any atom is 0.262 e. The summed E-state index contributed by atoms with van der Waals surface area (Å²) in [4.78, 5) is 32.4. The van der Waals surface area contributed by atoms with Crippen LogP contribution < -0.4 is 10.9 Å². The zero-order valence-electron chi connectivity index (χ0n) is 16.2. The first-order valence-corrected chi connectivity index (χ1v) is 11.5. The molecule has 0 saturated heterocycles. The molecular weight excluding hydrogens is 392 g/mol. The molecule has 0 bridgehead atoms. The second kappa shape index (κ2) is 7.53. The molecule has 1 N–H and O–H groups in total. The van der Waals surface area contributed by atoms with Gasteiger partial charge in [-0.05, 0) is 44.6 Å². The highest BCUT2D eigenvalue weighted by atomic mass is 32.2. The molecule has 1 unspecified atom stereocenters. The molecule has 2 aliphatic rings. The molecule has 1 amide bonds. The summed E-state index contributed by atoms with van der Waals surface area (Å²) in [6.07, 6.45) is 7.53. The maximum atomic E-state index is 12.9. The van der Waals surface area contributed by atoms with Crippen molar-refractivity contribution in [1.29, 1.82) is 5.26 Å². The van der Waals surface area contributed by atoms with Gasteiger partial charge in [-0.25, -0.2) is 4.98 Å². The standard InChI is InChI=1S/C20H24N4O2S2/c1-12(16(25)23-20(11-21)9-4-3-5-10-20)27-19-22-17-15(18(26)24(19)2)13-7-6-8-14(13)28-17/h12H,3-10H2,1-2H3,(H,23,25). The summed E-state index contributed by atoms with van der Waals surface area (Å²) in [7, 11) is 1.72. The Balaban J connectivity index is 1.56. The van der Waals surface area contributed by atoms with Crippen molar-refractivity contribution >= 4 is 39.2 Å². The Kier molecular flexibility index (Phi) is 5.23. The second-order valence-corrected chi connectivity index (χ2v) is 10.2. The molecule has 1 saturated carbocycles. The van der Waals surface area contributed by atoms with Gasteiger partial charge in [-0.15, -0.1) is 11.3 Å². The largest absolute Gasteiger partial charge is 0.337 e. The van der Waals surface area contributed by atoms with Gasteiger partial charge in [0.05, 0.1) is 16.7 Å². The molecule has 0 spiro atoms. The number of carbonyl (C=O) groups excluding carboxylic acids is 1. The lowest BCUT2D eigenvalue weighted by Gasteiger charge is -2.32.